The minimum Gasteiger partial charge on any atom is -0.393 e. The van der Waals surface area contributed by atoms with Crippen LogP contribution in [0.4, 0.5) is 0 Å². The predicted molar refractivity (Wildman–Crippen MR) is 54.1 cm³/mol. The van der Waals surface area contributed by atoms with Gasteiger partial charge in [0.1, 0.15) is 0 Å². The SMILES string of the molecule is CC(C)CC(O)C(C)(C)C(C)C. The molecule has 1 atom stereocenters. The molecule has 0 aliphatic rings. The second kappa shape index (κ2) is 4.27. The van der Waals surface area contributed by atoms with E-state index in [-0.39, 0.29) is 11.5 Å². The third-order valence-electron chi connectivity index (χ3n) is 3.04. The van der Waals surface area contributed by atoms with Crippen LogP contribution in [-0.4, -0.2) is 11.2 Å². The monoisotopic (exact) mass is 172 g/mol. The van der Waals surface area contributed by atoms with Gasteiger partial charge < -0.3 is 5.11 Å². The first-order valence-corrected chi connectivity index (χ1v) is 4.96. The molecule has 12 heavy (non-hydrogen) atoms. The molecular weight excluding hydrogens is 148 g/mol. The van der Waals surface area contributed by atoms with Crippen molar-refractivity contribution in [2.24, 2.45) is 17.3 Å². The first kappa shape index (κ1) is 12.0. The van der Waals surface area contributed by atoms with Crippen LogP contribution >= 0.6 is 0 Å². The van der Waals surface area contributed by atoms with Crippen molar-refractivity contribution in [3.05, 3.63) is 0 Å². The molecule has 0 spiro atoms. The summed E-state index contributed by atoms with van der Waals surface area (Å²) in [7, 11) is 0. The zero-order valence-electron chi connectivity index (χ0n) is 9.39. The number of hydrogen-bond donors (Lipinski definition) is 1. The molecule has 74 valence electrons. The quantitative estimate of drug-likeness (QED) is 0.691. The highest BCUT2D eigenvalue weighted by Gasteiger charge is 2.31. The Balaban J connectivity index is 4.15. The molecule has 0 rings (SSSR count). The Kier molecular flexibility index (Phi) is 4.25. The number of rotatable bonds is 4. The molecule has 0 saturated heterocycles. The Morgan fingerprint density at radius 3 is 1.75 bits per heavy atom. The van der Waals surface area contributed by atoms with Gasteiger partial charge >= 0.3 is 0 Å². The van der Waals surface area contributed by atoms with Crippen LogP contribution < -0.4 is 0 Å². The molecule has 0 aromatic heterocycles. The molecule has 0 aromatic rings. The van der Waals surface area contributed by atoms with Crippen molar-refractivity contribution < 1.29 is 5.11 Å². The highest BCUT2D eigenvalue weighted by Crippen LogP contribution is 2.33. The van der Waals surface area contributed by atoms with Crippen molar-refractivity contribution in [3.8, 4) is 0 Å². The predicted octanol–water partition coefficient (Wildman–Crippen LogP) is 3.08. The summed E-state index contributed by atoms with van der Waals surface area (Å²) in [4.78, 5) is 0. The van der Waals surface area contributed by atoms with Crippen molar-refractivity contribution in [1.29, 1.82) is 0 Å². The molecular formula is C11H24O. The van der Waals surface area contributed by atoms with Gasteiger partial charge in [0.25, 0.3) is 0 Å². The van der Waals surface area contributed by atoms with E-state index in [4.69, 9.17) is 0 Å². The normalized spacial score (nSPS) is 15.8. The maximum Gasteiger partial charge on any atom is 0.0596 e. The minimum atomic E-state index is -0.169. The fraction of sp³-hybridized carbons (Fsp3) is 1.00. The summed E-state index contributed by atoms with van der Waals surface area (Å²) in [5.41, 5.74) is 0.0459. The summed E-state index contributed by atoms with van der Waals surface area (Å²) >= 11 is 0. The lowest BCUT2D eigenvalue weighted by molar-refractivity contribution is 0.00322. The molecule has 0 fully saturated rings. The molecule has 1 N–H and O–H groups in total. The first-order valence-electron chi connectivity index (χ1n) is 4.96. The zero-order chi connectivity index (χ0) is 9.94. The standard InChI is InChI=1S/C11H24O/c1-8(2)7-10(12)11(5,6)9(3)4/h8-10,12H,7H2,1-6H3. The van der Waals surface area contributed by atoms with Crippen molar-refractivity contribution >= 4 is 0 Å². The lowest BCUT2D eigenvalue weighted by Crippen LogP contribution is -2.35. The Morgan fingerprint density at radius 1 is 1.08 bits per heavy atom. The average Bonchev–Trinajstić information content (AvgIpc) is 1.85. The van der Waals surface area contributed by atoms with E-state index in [1.165, 1.54) is 0 Å². The van der Waals surface area contributed by atoms with Crippen molar-refractivity contribution in [1.82, 2.24) is 0 Å². The van der Waals surface area contributed by atoms with Crippen molar-refractivity contribution in [2.45, 2.75) is 54.1 Å². The maximum atomic E-state index is 9.92. The molecule has 0 radical (unpaired) electrons. The van der Waals surface area contributed by atoms with Gasteiger partial charge in [0.05, 0.1) is 6.10 Å². The maximum absolute atomic E-state index is 9.92. The van der Waals surface area contributed by atoms with Crippen LogP contribution in [-0.2, 0) is 0 Å². The smallest absolute Gasteiger partial charge is 0.0596 e. The topological polar surface area (TPSA) is 20.2 Å². The van der Waals surface area contributed by atoms with Gasteiger partial charge in [-0.25, -0.2) is 0 Å². The van der Waals surface area contributed by atoms with Crippen LogP contribution in [0.3, 0.4) is 0 Å². The molecule has 1 unspecified atom stereocenters. The largest absolute Gasteiger partial charge is 0.393 e. The third-order valence-corrected chi connectivity index (χ3v) is 3.04. The number of aliphatic hydroxyl groups excluding tert-OH is 1. The fourth-order valence-corrected chi connectivity index (χ4v) is 1.14. The van der Waals surface area contributed by atoms with Crippen LogP contribution in [0.1, 0.15) is 48.0 Å². The Labute approximate surface area is 77.2 Å². The van der Waals surface area contributed by atoms with E-state index in [9.17, 15) is 5.11 Å². The Hall–Kier alpha value is -0.0400. The van der Waals surface area contributed by atoms with Gasteiger partial charge in [0.2, 0.25) is 0 Å². The molecule has 0 heterocycles. The van der Waals surface area contributed by atoms with Crippen LogP contribution in [0.2, 0.25) is 0 Å². The molecule has 1 heteroatoms. The van der Waals surface area contributed by atoms with Gasteiger partial charge in [-0.15, -0.1) is 0 Å². The third kappa shape index (κ3) is 3.14. The zero-order valence-corrected chi connectivity index (χ0v) is 9.39. The fourth-order valence-electron chi connectivity index (χ4n) is 1.14. The molecule has 0 amide bonds. The number of hydrogen-bond acceptors (Lipinski definition) is 1. The van der Waals surface area contributed by atoms with Crippen LogP contribution in [0.25, 0.3) is 0 Å². The van der Waals surface area contributed by atoms with E-state index in [0.29, 0.717) is 11.8 Å². The molecule has 0 aromatic carbocycles. The average molecular weight is 172 g/mol. The molecule has 0 aliphatic heterocycles. The second-order valence-electron chi connectivity index (χ2n) is 5.12. The van der Waals surface area contributed by atoms with Gasteiger partial charge in [-0.1, -0.05) is 41.5 Å². The van der Waals surface area contributed by atoms with Gasteiger partial charge in [-0.05, 0) is 23.7 Å². The van der Waals surface area contributed by atoms with Crippen molar-refractivity contribution in [2.75, 3.05) is 0 Å². The van der Waals surface area contributed by atoms with E-state index in [1.54, 1.807) is 0 Å². The molecule has 1 nitrogen and oxygen atoms in total. The lowest BCUT2D eigenvalue weighted by atomic mass is 9.74. The summed E-state index contributed by atoms with van der Waals surface area (Å²) in [5.74, 6) is 1.12. The van der Waals surface area contributed by atoms with Crippen LogP contribution in [0, 0.1) is 17.3 Å². The van der Waals surface area contributed by atoms with Crippen molar-refractivity contribution in [3.63, 3.8) is 0 Å². The molecule has 0 saturated carbocycles. The van der Waals surface area contributed by atoms with Gasteiger partial charge in [0.15, 0.2) is 0 Å². The van der Waals surface area contributed by atoms with Crippen LogP contribution in [0.15, 0.2) is 0 Å². The highest BCUT2D eigenvalue weighted by atomic mass is 16.3. The molecule has 0 aliphatic carbocycles. The lowest BCUT2D eigenvalue weighted by Gasteiger charge is -2.35. The summed E-state index contributed by atoms with van der Waals surface area (Å²) in [6, 6.07) is 0. The summed E-state index contributed by atoms with van der Waals surface area (Å²) in [5, 5.41) is 9.92. The van der Waals surface area contributed by atoms with E-state index < -0.39 is 0 Å². The Morgan fingerprint density at radius 2 is 1.50 bits per heavy atom. The molecule has 0 bridgehead atoms. The summed E-state index contributed by atoms with van der Waals surface area (Å²) in [6.45, 7) is 12.9. The van der Waals surface area contributed by atoms with Gasteiger partial charge in [0, 0.05) is 0 Å². The second-order valence-corrected chi connectivity index (χ2v) is 5.12. The highest BCUT2D eigenvalue weighted by molar-refractivity contribution is 4.81. The minimum absolute atomic E-state index is 0.0459. The van der Waals surface area contributed by atoms with E-state index in [0.717, 1.165) is 6.42 Å². The summed E-state index contributed by atoms with van der Waals surface area (Å²) in [6.07, 6.45) is 0.739. The summed E-state index contributed by atoms with van der Waals surface area (Å²) < 4.78 is 0. The van der Waals surface area contributed by atoms with E-state index in [2.05, 4.69) is 41.5 Å². The Bertz CT molecular complexity index is 125. The van der Waals surface area contributed by atoms with E-state index in [1.807, 2.05) is 0 Å². The van der Waals surface area contributed by atoms with Crippen LogP contribution in [0.5, 0.6) is 0 Å². The first-order chi connectivity index (χ1) is 5.28. The van der Waals surface area contributed by atoms with Gasteiger partial charge in [-0.3, -0.25) is 0 Å². The van der Waals surface area contributed by atoms with E-state index >= 15 is 0 Å². The number of aliphatic hydroxyl groups is 1. The van der Waals surface area contributed by atoms with Gasteiger partial charge in [-0.2, -0.15) is 0 Å².